The maximum absolute atomic E-state index is 12.8. The number of rotatable bonds is 10. The number of sulfonamides is 1. The molecule has 0 fully saturated rings. The number of nitrogens with one attached hydrogen (secondary N) is 1. The molecule has 4 aromatic rings. The van der Waals surface area contributed by atoms with Gasteiger partial charge >= 0.3 is 5.97 Å². The highest BCUT2D eigenvalue weighted by Crippen LogP contribution is 2.25. The molecule has 4 rings (SSSR count). The molecule has 184 valence electrons. The van der Waals surface area contributed by atoms with E-state index in [4.69, 9.17) is 15.0 Å². The summed E-state index contributed by atoms with van der Waals surface area (Å²) in [6.07, 6.45) is 1.39. The Hall–Kier alpha value is -4.16. The molecule has 3 aromatic carbocycles. The number of imidazole rings is 1. The van der Waals surface area contributed by atoms with Crippen molar-refractivity contribution in [2.24, 2.45) is 0 Å². The number of nitrogens with zero attached hydrogens (tertiary/aromatic N) is 3. The topological polar surface area (TPSA) is 114 Å². The number of hydrogen-bond acceptors (Lipinski definition) is 6. The smallest absolute Gasteiger partial charge is 0.305 e. The molecule has 9 heteroatoms. The molecule has 8 nitrogen and oxygen atoms in total. The predicted octanol–water partition coefficient (Wildman–Crippen LogP) is 4.64. The molecule has 0 bridgehead atoms. The zero-order chi connectivity index (χ0) is 25.5. The number of nitriles is 1. The van der Waals surface area contributed by atoms with E-state index in [1.807, 2.05) is 22.8 Å². The standard InChI is InChI=1S/C27H26N4O4S/c1-2-35-27(32)9-6-16-31-25-15-14-22(30-36(33,34)23-7-4-3-5-8-23)18-24(25)29-26(31)17-20-10-12-21(19-28)13-11-20/h3-5,7-8,10-15,18,30H,2,6,9,16-17H2,1H3. The summed E-state index contributed by atoms with van der Waals surface area (Å²) in [5.74, 6) is 0.537. The number of ether oxygens (including phenoxy) is 1. The molecule has 1 heterocycles. The Morgan fingerprint density at radius 3 is 2.53 bits per heavy atom. The van der Waals surface area contributed by atoms with Gasteiger partial charge < -0.3 is 9.30 Å². The summed E-state index contributed by atoms with van der Waals surface area (Å²) in [4.78, 5) is 16.8. The highest BCUT2D eigenvalue weighted by molar-refractivity contribution is 7.92. The predicted molar refractivity (Wildman–Crippen MR) is 137 cm³/mol. The summed E-state index contributed by atoms with van der Waals surface area (Å²) in [5, 5.41) is 9.06. The molecule has 0 aliphatic rings. The monoisotopic (exact) mass is 502 g/mol. The van der Waals surface area contributed by atoms with Gasteiger partial charge in [0.1, 0.15) is 5.82 Å². The summed E-state index contributed by atoms with van der Waals surface area (Å²) in [7, 11) is -3.73. The van der Waals surface area contributed by atoms with E-state index >= 15 is 0 Å². The van der Waals surface area contributed by atoms with Crippen LogP contribution >= 0.6 is 0 Å². The maximum Gasteiger partial charge on any atom is 0.305 e. The van der Waals surface area contributed by atoms with Gasteiger partial charge in [-0.15, -0.1) is 0 Å². The fraction of sp³-hybridized carbons (Fsp3) is 0.222. The van der Waals surface area contributed by atoms with Crippen LogP contribution in [-0.4, -0.2) is 30.5 Å². The first-order chi connectivity index (χ1) is 17.4. The summed E-state index contributed by atoms with van der Waals surface area (Å²) < 4.78 is 35.2. The summed E-state index contributed by atoms with van der Waals surface area (Å²) in [5.41, 5.74) is 3.46. The Morgan fingerprint density at radius 1 is 1.08 bits per heavy atom. The summed E-state index contributed by atoms with van der Waals surface area (Å²) in [6.45, 7) is 2.68. The van der Waals surface area contributed by atoms with Crippen LogP contribution in [0.1, 0.15) is 36.7 Å². The number of benzene rings is 3. The van der Waals surface area contributed by atoms with Crippen LogP contribution in [0, 0.1) is 11.3 Å². The normalized spacial score (nSPS) is 11.2. The van der Waals surface area contributed by atoms with Gasteiger partial charge in [-0.3, -0.25) is 9.52 Å². The largest absolute Gasteiger partial charge is 0.466 e. The zero-order valence-electron chi connectivity index (χ0n) is 19.8. The van der Waals surface area contributed by atoms with Crippen LogP contribution in [0.15, 0.2) is 77.7 Å². The molecule has 0 amide bonds. The lowest BCUT2D eigenvalue weighted by atomic mass is 10.1. The second-order valence-electron chi connectivity index (χ2n) is 8.20. The Labute approximate surface area is 210 Å². The molecule has 0 aliphatic heterocycles. The molecule has 0 unspecified atom stereocenters. The van der Waals surface area contributed by atoms with Gasteiger partial charge in [-0.1, -0.05) is 30.3 Å². The van der Waals surface area contributed by atoms with Gasteiger partial charge in [0.05, 0.1) is 39.9 Å². The molecule has 1 aromatic heterocycles. The number of aryl methyl sites for hydroxylation is 1. The van der Waals surface area contributed by atoms with E-state index in [0.717, 1.165) is 16.9 Å². The molecule has 36 heavy (non-hydrogen) atoms. The molecule has 0 aliphatic carbocycles. The van der Waals surface area contributed by atoms with Crippen LogP contribution in [0.3, 0.4) is 0 Å². The number of aromatic nitrogens is 2. The van der Waals surface area contributed by atoms with Crippen LogP contribution in [0.5, 0.6) is 0 Å². The molecular formula is C27H26N4O4S. The highest BCUT2D eigenvalue weighted by Gasteiger charge is 2.17. The first-order valence-electron chi connectivity index (χ1n) is 11.6. The van der Waals surface area contributed by atoms with Crippen molar-refractivity contribution in [3.05, 3.63) is 89.7 Å². The highest BCUT2D eigenvalue weighted by atomic mass is 32.2. The minimum Gasteiger partial charge on any atom is -0.466 e. The van der Waals surface area contributed by atoms with Crippen molar-refractivity contribution in [1.82, 2.24) is 9.55 Å². The Bertz CT molecular complexity index is 1510. The van der Waals surface area contributed by atoms with E-state index in [9.17, 15) is 13.2 Å². The third kappa shape index (κ3) is 5.90. The van der Waals surface area contributed by atoms with E-state index in [2.05, 4.69) is 10.8 Å². The van der Waals surface area contributed by atoms with Crippen LogP contribution in [-0.2, 0) is 32.5 Å². The molecule has 0 saturated heterocycles. The minimum atomic E-state index is -3.73. The van der Waals surface area contributed by atoms with E-state index in [1.165, 1.54) is 12.1 Å². The zero-order valence-corrected chi connectivity index (χ0v) is 20.7. The fourth-order valence-electron chi connectivity index (χ4n) is 3.94. The van der Waals surface area contributed by atoms with Crippen LogP contribution < -0.4 is 4.72 Å². The van der Waals surface area contributed by atoms with E-state index in [1.54, 1.807) is 49.4 Å². The van der Waals surface area contributed by atoms with E-state index < -0.39 is 10.0 Å². The Morgan fingerprint density at radius 2 is 1.83 bits per heavy atom. The summed E-state index contributed by atoms with van der Waals surface area (Å²) >= 11 is 0. The van der Waals surface area contributed by atoms with Crippen molar-refractivity contribution in [2.45, 2.75) is 37.6 Å². The molecule has 1 N–H and O–H groups in total. The van der Waals surface area contributed by atoms with Crippen molar-refractivity contribution < 1.29 is 17.9 Å². The summed E-state index contributed by atoms with van der Waals surface area (Å²) in [6, 6.07) is 22.8. The number of hydrogen-bond donors (Lipinski definition) is 1. The molecule has 0 saturated carbocycles. The maximum atomic E-state index is 12.8. The average Bonchev–Trinajstić information content (AvgIpc) is 3.21. The number of fused-ring (bicyclic) bond motifs is 1. The third-order valence-corrected chi connectivity index (χ3v) is 7.04. The Kier molecular flexibility index (Phi) is 7.66. The Balaban J connectivity index is 1.64. The van der Waals surface area contributed by atoms with Gasteiger partial charge in [-0.05, 0) is 61.4 Å². The fourth-order valence-corrected chi connectivity index (χ4v) is 5.01. The van der Waals surface area contributed by atoms with Gasteiger partial charge in [0.2, 0.25) is 0 Å². The molecule has 0 atom stereocenters. The first kappa shape index (κ1) is 24.9. The quantitative estimate of drug-likeness (QED) is 0.316. The van der Waals surface area contributed by atoms with Crippen molar-refractivity contribution in [1.29, 1.82) is 5.26 Å². The van der Waals surface area contributed by atoms with Crippen molar-refractivity contribution in [2.75, 3.05) is 11.3 Å². The lowest BCUT2D eigenvalue weighted by Gasteiger charge is -2.10. The SMILES string of the molecule is CCOC(=O)CCCn1c(Cc2ccc(C#N)cc2)nc2cc(NS(=O)(=O)c3ccccc3)ccc21. The van der Waals surface area contributed by atoms with Gasteiger partial charge in [0.15, 0.2) is 0 Å². The number of carbonyl (C=O) groups excluding carboxylic acids is 1. The van der Waals surface area contributed by atoms with E-state index in [-0.39, 0.29) is 10.9 Å². The van der Waals surface area contributed by atoms with Crippen LogP contribution in [0.4, 0.5) is 5.69 Å². The van der Waals surface area contributed by atoms with Gasteiger partial charge in [-0.25, -0.2) is 13.4 Å². The van der Waals surface area contributed by atoms with Crippen molar-refractivity contribution in [3.8, 4) is 6.07 Å². The minimum absolute atomic E-state index is 0.177. The van der Waals surface area contributed by atoms with Gasteiger partial charge in [0.25, 0.3) is 10.0 Å². The lowest BCUT2D eigenvalue weighted by molar-refractivity contribution is -0.143. The van der Waals surface area contributed by atoms with Crippen LogP contribution in [0.2, 0.25) is 0 Å². The number of carbonyl (C=O) groups is 1. The van der Waals surface area contributed by atoms with Gasteiger partial charge in [0, 0.05) is 19.4 Å². The first-order valence-corrected chi connectivity index (χ1v) is 13.1. The molecule has 0 spiro atoms. The van der Waals surface area contributed by atoms with E-state index in [0.29, 0.717) is 49.2 Å². The lowest BCUT2D eigenvalue weighted by Crippen LogP contribution is -2.12. The molecule has 0 radical (unpaired) electrons. The third-order valence-electron chi connectivity index (χ3n) is 5.65. The van der Waals surface area contributed by atoms with Gasteiger partial charge in [-0.2, -0.15) is 5.26 Å². The second-order valence-corrected chi connectivity index (χ2v) is 9.88. The molecular weight excluding hydrogens is 476 g/mol. The van der Waals surface area contributed by atoms with Crippen molar-refractivity contribution >= 4 is 32.7 Å². The average molecular weight is 503 g/mol. The van der Waals surface area contributed by atoms with Crippen LogP contribution in [0.25, 0.3) is 11.0 Å². The second kappa shape index (κ2) is 11.1. The number of esters is 1. The van der Waals surface area contributed by atoms with Crippen molar-refractivity contribution in [3.63, 3.8) is 0 Å². The number of anilines is 1.